The van der Waals surface area contributed by atoms with Gasteiger partial charge in [0.1, 0.15) is 22.8 Å². The van der Waals surface area contributed by atoms with Crippen molar-refractivity contribution >= 4 is 22.1 Å². The highest BCUT2D eigenvalue weighted by molar-refractivity contribution is 5.97. The van der Waals surface area contributed by atoms with Gasteiger partial charge in [0.05, 0.1) is 12.6 Å². The van der Waals surface area contributed by atoms with Crippen molar-refractivity contribution in [1.82, 2.24) is 35.5 Å². The molecule has 37 heavy (non-hydrogen) atoms. The Morgan fingerprint density at radius 2 is 1.92 bits per heavy atom. The molecule has 0 aliphatic rings. The molecule has 4 heterocycles. The molecule has 0 bridgehead atoms. The molecular weight excluding hydrogens is 469 g/mol. The molecular formula is C28H24FN7O. The van der Waals surface area contributed by atoms with Gasteiger partial charge in [-0.15, -0.1) is 0 Å². The predicted octanol–water partition coefficient (Wildman–Crippen LogP) is 5.49. The number of rotatable bonds is 7. The van der Waals surface area contributed by atoms with E-state index in [0.29, 0.717) is 34.0 Å². The topological polar surface area (TPSA) is 104 Å². The van der Waals surface area contributed by atoms with Crippen LogP contribution in [0.3, 0.4) is 0 Å². The second kappa shape index (κ2) is 9.44. The Morgan fingerprint density at radius 3 is 2.78 bits per heavy atom. The third kappa shape index (κ3) is 4.30. The molecule has 0 fully saturated rings. The lowest BCUT2D eigenvalue weighted by atomic mass is 10.0. The van der Waals surface area contributed by atoms with E-state index in [0.717, 1.165) is 46.2 Å². The standard InChI is InChI=1S/C28H24FN7O/c1-3-30-13-16-8-19(15-31-14-16)17-4-5-24-23(11-17)26(36-35-24)28-33-25-22(6-7-32-27(25)34-28)18-9-20(29)12-21(10-18)37-2/h4-12,14-15,30H,3,13H2,1-2H3,(H,35,36)(H,32,33,34). The molecule has 0 spiro atoms. The molecule has 9 heteroatoms. The summed E-state index contributed by atoms with van der Waals surface area (Å²) in [6.07, 6.45) is 5.41. The molecule has 0 radical (unpaired) electrons. The molecule has 0 aliphatic heterocycles. The van der Waals surface area contributed by atoms with E-state index < -0.39 is 0 Å². The number of ether oxygens (including phenoxy) is 1. The first-order valence-corrected chi connectivity index (χ1v) is 12.0. The first-order chi connectivity index (χ1) is 18.1. The van der Waals surface area contributed by atoms with Gasteiger partial charge in [-0.2, -0.15) is 5.10 Å². The molecule has 0 amide bonds. The van der Waals surface area contributed by atoms with Crippen LogP contribution in [-0.4, -0.2) is 43.8 Å². The van der Waals surface area contributed by atoms with Gasteiger partial charge in [-0.25, -0.2) is 14.4 Å². The number of fused-ring (bicyclic) bond motifs is 2. The summed E-state index contributed by atoms with van der Waals surface area (Å²) in [4.78, 5) is 17.0. The van der Waals surface area contributed by atoms with E-state index in [2.05, 4.69) is 49.5 Å². The lowest BCUT2D eigenvalue weighted by molar-refractivity contribution is 0.411. The number of aromatic nitrogens is 6. The first-order valence-electron chi connectivity index (χ1n) is 12.0. The Kier molecular flexibility index (Phi) is 5.82. The second-order valence-electron chi connectivity index (χ2n) is 8.72. The maximum Gasteiger partial charge on any atom is 0.160 e. The van der Waals surface area contributed by atoms with Crippen LogP contribution >= 0.6 is 0 Å². The Hall–Kier alpha value is -4.63. The van der Waals surface area contributed by atoms with E-state index in [-0.39, 0.29) is 5.82 Å². The van der Waals surface area contributed by atoms with Gasteiger partial charge < -0.3 is 15.0 Å². The van der Waals surface area contributed by atoms with E-state index in [1.165, 1.54) is 19.2 Å². The fourth-order valence-corrected chi connectivity index (χ4v) is 4.48. The normalized spacial score (nSPS) is 11.4. The van der Waals surface area contributed by atoms with Crippen LogP contribution in [-0.2, 0) is 6.54 Å². The average Bonchev–Trinajstić information content (AvgIpc) is 3.55. The summed E-state index contributed by atoms with van der Waals surface area (Å²) >= 11 is 0. The van der Waals surface area contributed by atoms with Gasteiger partial charge in [0.15, 0.2) is 11.5 Å². The predicted molar refractivity (Wildman–Crippen MR) is 142 cm³/mol. The summed E-state index contributed by atoms with van der Waals surface area (Å²) in [5.74, 6) is 0.622. The van der Waals surface area contributed by atoms with Crippen LogP contribution in [0.25, 0.3) is 55.8 Å². The quantitative estimate of drug-likeness (QED) is 0.272. The molecule has 2 aromatic carbocycles. The van der Waals surface area contributed by atoms with Gasteiger partial charge in [-0.05, 0) is 59.6 Å². The Morgan fingerprint density at radius 1 is 1.00 bits per heavy atom. The van der Waals surface area contributed by atoms with Gasteiger partial charge in [-0.1, -0.05) is 13.0 Å². The number of imidazole rings is 1. The van der Waals surface area contributed by atoms with Crippen molar-refractivity contribution in [3.63, 3.8) is 0 Å². The number of hydrogen-bond acceptors (Lipinski definition) is 6. The number of nitrogens with zero attached hydrogens (tertiary/aromatic N) is 4. The van der Waals surface area contributed by atoms with Crippen molar-refractivity contribution in [1.29, 1.82) is 0 Å². The minimum absolute atomic E-state index is 0.384. The molecule has 6 aromatic rings. The van der Waals surface area contributed by atoms with E-state index in [9.17, 15) is 4.39 Å². The van der Waals surface area contributed by atoms with Crippen molar-refractivity contribution in [2.45, 2.75) is 13.5 Å². The van der Waals surface area contributed by atoms with Crippen molar-refractivity contribution in [3.05, 3.63) is 78.5 Å². The third-order valence-corrected chi connectivity index (χ3v) is 6.30. The van der Waals surface area contributed by atoms with Crippen LogP contribution in [0.1, 0.15) is 12.5 Å². The van der Waals surface area contributed by atoms with Crippen LogP contribution in [0, 0.1) is 5.82 Å². The summed E-state index contributed by atoms with van der Waals surface area (Å²) in [6.45, 7) is 3.74. The molecule has 0 unspecified atom stereocenters. The largest absolute Gasteiger partial charge is 0.497 e. The average molecular weight is 494 g/mol. The smallest absolute Gasteiger partial charge is 0.160 e. The summed E-state index contributed by atoms with van der Waals surface area (Å²) in [5, 5.41) is 11.9. The van der Waals surface area contributed by atoms with Crippen LogP contribution < -0.4 is 10.1 Å². The highest BCUT2D eigenvalue weighted by Crippen LogP contribution is 2.34. The highest BCUT2D eigenvalue weighted by Gasteiger charge is 2.17. The van der Waals surface area contributed by atoms with Gasteiger partial charge in [0, 0.05) is 47.7 Å². The van der Waals surface area contributed by atoms with Gasteiger partial charge in [-0.3, -0.25) is 10.1 Å². The zero-order valence-electron chi connectivity index (χ0n) is 20.3. The molecule has 0 saturated heterocycles. The minimum Gasteiger partial charge on any atom is -0.497 e. The van der Waals surface area contributed by atoms with Crippen LogP contribution in [0.2, 0.25) is 0 Å². The Bertz CT molecular complexity index is 1740. The Labute approximate surface area is 212 Å². The summed E-state index contributed by atoms with van der Waals surface area (Å²) in [7, 11) is 1.51. The van der Waals surface area contributed by atoms with Gasteiger partial charge in [0.25, 0.3) is 0 Å². The summed E-state index contributed by atoms with van der Waals surface area (Å²) < 4.78 is 19.5. The number of benzene rings is 2. The van der Waals surface area contributed by atoms with Crippen LogP contribution in [0.5, 0.6) is 5.75 Å². The van der Waals surface area contributed by atoms with E-state index in [4.69, 9.17) is 9.72 Å². The number of nitrogens with one attached hydrogen (secondary N) is 3. The Balaban J connectivity index is 1.43. The highest BCUT2D eigenvalue weighted by atomic mass is 19.1. The van der Waals surface area contributed by atoms with E-state index in [1.807, 2.05) is 30.6 Å². The van der Waals surface area contributed by atoms with Crippen LogP contribution in [0.15, 0.2) is 67.1 Å². The number of H-pyrrole nitrogens is 2. The van der Waals surface area contributed by atoms with Crippen molar-refractivity contribution in [3.8, 4) is 39.5 Å². The molecule has 0 saturated carbocycles. The van der Waals surface area contributed by atoms with Crippen molar-refractivity contribution < 1.29 is 9.13 Å². The number of methoxy groups -OCH3 is 1. The fourth-order valence-electron chi connectivity index (χ4n) is 4.48. The third-order valence-electron chi connectivity index (χ3n) is 6.30. The molecule has 6 rings (SSSR count). The zero-order chi connectivity index (χ0) is 25.4. The van der Waals surface area contributed by atoms with Crippen LogP contribution in [0.4, 0.5) is 4.39 Å². The number of hydrogen-bond donors (Lipinski definition) is 3. The molecule has 0 aliphatic carbocycles. The second-order valence-corrected chi connectivity index (χ2v) is 8.72. The summed E-state index contributed by atoms with van der Waals surface area (Å²) in [6, 6.07) is 14.7. The van der Waals surface area contributed by atoms with E-state index in [1.54, 1.807) is 12.3 Å². The summed E-state index contributed by atoms with van der Waals surface area (Å²) in [5.41, 5.74) is 7.35. The number of pyridine rings is 2. The van der Waals surface area contributed by atoms with Crippen molar-refractivity contribution in [2.24, 2.45) is 0 Å². The SMILES string of the molecule is CCNCc1cncc(-c2ccc3[nH]nc(-c4nc5c(-c6cc(F)cc(OC)c6)ccnc5[nH]4)c3c2)c1. The van der Waals surface area contributed by atoms with Crippen molar-refractivity contribution in [2.75, 3.05) is 13.7 Å². The maximum absolute atomic E-state index is 14.2. The lowest BCUT2D eigenvalue weighted by Crippen LogP contribution is -2.11. The van der Waals surface area contributed by atoms with Gasteiger partial charge >= 0.3 is 0 Å². The molecule has 8 nitrogen and oxygen atoms in total. The maximum atomic E-state index is 14.2. The van der Waals surface area contributed by atoms with E-state index >= 15 is 0 Å². The lowest BCUT2D eigenvalue weighted by Gasteiger charge is -2.06. The monoisotopic (exact) mass is 493 g/mol. The first kappa shape index (κ1) is 22.8. The zero-order valence-corrected chi connectivity index (χ0v) is 20.3. The molecule has 0 atom stereocenters. The molecule has 4 aromatic heterocycles. The fraction of sp³-hybridized carbons (Fsp3) is 0.143. The molecule has 184 valence electrons. The molecule has 3 N–H and O–H groups in total. The number of aromatic amines is 2. The van der Waals surface area contributed by atoms with Gasteiger partial charge in [0.2, 0.25) is 0 Å². The minimum atomic E-state index is -0.384. The number of halogens is 1.